The predicted molar refractivity (Wildman–Crippen MR) is 404 cm³/mol. The molecule has 0 aliphatic rings. The van der Waals surface area contributed by atoms with Crippen LogP contribution in [0, 0.1) is 23.7 Å². The van der Waals surface area contributed by atoms with E-state index in [0.717, 1.165) is 114 Å². The first-order chi connectivity index (χ1) is 47.6. The Morgan fingerprint density at radius 3 is 0.717 bits per heavy atom. The maximum Gasteiger partial charge on any atom is 0.472 e. The van der Waals surface area contributed by atoms with Gasteiger partial charge in [-0.2, -0.15) is 0 Å². The van der Waals surface area contributed by atoms with E-state index in [0.29, 0.717) is 31.6 Å². The summed E-state index contributed by atoms with van der Waals surface area (Å²) < 4.78 is 68.6. The number of aliphatic hydroxyl groups excluding tert-OH is 1. The Hall–Kier alpha value is -1.94. The van der Waals surface area contributed by atoms with E-state index in [1.807, 2.05) is 0 Å². The smallest absolute Gasteiger partial charge is 0.462 e. The van der Waals surface area contributed by atoms with Crippen LogP contribution in [0.5, 0.6) is 0 Å². The molecule has 0 aromatic rings. The number of phosphoric ester groups is 2. The molecule has 99 heavy (non-hydrogen) atoms. The van der Waals surface area contributed by atoms with Crippen molar-refractivity contribution in [1.29, 1.82) is 0 Å². The van der Waals surface area contributed by atoms with Crippen LogP contribution in [0.3, 0.4) is 0 Å². The average Bonchev–Trinajstić information content (AvgIpc) is 0.981. The lowest BCUT2D eigenvalue weighted by Gasteiger charge is -2.21. The van der Waals surface area contributed by atoms with Crippen molar-refractivity contribution in [2.24, 2.45) is 23.7 Å². The zero-order chi connectivity index (χ0) is 73.1. The summed E-state index contributed by atoms with van der Waals surface area (Å²) >= 11 is 0. The fourth-order valence-electron chi connectivity index (χ4n) is 12.2. The molecule has 0 saturated heterocycles. The SMILES string of the molecule is CCC(C)CCCCCCCCCCCCC(=O)O[C@H](COC(=O)CCCCCCCCC(C)C)COP(=O)(O)OC[C@H](O)COP(=O)(O)OC[C@@H](COC(=O)CCCCCCCCCCCCCCC(C)C)OC(=O)CCCCCCCCCCCCCCCCCCCCC(C)C. The van der Waals surface area contributed by atoms with Gasteiger partial charge in [-0.05, 0) is 49.4 Å². The third-order valence-electron chi connectivity index (χ3n) is 18.9. The lowest BCUT2D eigenvalue weighted by atomic mass is 9.99. The Labute approximate surface area is 607 Å². The van der Waals surface area contributed by atoms with Gasteiger partial charge in [0, 0.05) is 25.7 Å². The molecule has 3 unspecified atom stereocenters. The fourth-order valence-corrected chi connectivity index (χ4v) is 13.8. The van der Waals surface area contributed by atoms with Crippen molar-refractivity contribution in [2.45, 2.75) is 427 Å². The number of unbranched alkanes of at least 4 members (excludes halogenated alkanes) is 42. The molecule has 0 fully saturated rings. The van der Waals surface area contributed by atoms with Crippen LogP contribution in [0.4, 0.5) is 0 Å². The molecule has 6 atom stereocenters. The van der Waals surface area contributed by atoms with Gasteiger partial charge in [-0.25, -0.2) is 9.13 Å². The standard InChI is InChI=1S/C80H156O17P2/c1-9-73(8)59-51-43-34-28-24-25-31-37-47-55-63-80(85)97-76(67-91-78(83)61-53-45-39-38-42-50-58-72(6)7)69-95-99(88,89)93-65-74(81)64-92-98(86,87)94-68-75(66-90-77(82)60-52-44-35-29-22-19-18-21-27-33-41-49-57-71(4)5)96-79(84)62-54-46-36-30-23-17-15-13-11-10-12-14-16-20-26-32-40-48-56-70(2)3/h70-76,81H,9-69H2,1-8H3,(H,86,87)(H,88,89)/t73?,74-,75-,76-/m1/s1. The Kier molecular flexibility index (Phi) is 67.8. The van der Waals surface area contributed by atoms with E-state index < -0.39 is 97.5 Å². The van der Waals surface area contributed by atoms with Crippen LogP contribution in [0.25, 0.3) is 0 Å². The molecule has 0 aromatic heterocycles. The molecule has 0 heterocycles. The highest BCUT2D eigenvalue weighted by Crippen LogP contribution is 2.45. The van der Waals surface area contributed by atoms with Gasteiger partial charge in [0.1, 0.15) is 19.3 Å². The normalized spacial score (nSPS) is 14.3. The molecule has 0 aliphatic heterocycles. The second-order valence-electron chi connectivity index (χ2n) is 30.5. The molecule has 0 radical (unpaired) electrons. The number of hydrogen-bond donors (Lipinski definition) is 3. The second-order valence-corrected chi connectivity index (χ2v) is 33.4. The molecule has 0 aromatic carbocycles. The molecular weight excluding hydrogens is 1290 g/mol. The third kappa shape index (κ3) is 72.8. The summed E-state index contributed by atoms with van der Waals surface area (Å²) in [6.45, 7) is 14.2. The third-order valence-corrected chi connectivity index (χ3v) is 20.8. The molecule has 3 N–H and O–H groups in total. The van der Waals surface area contributed by atoms with Crippen molar-refractivity contribution >= 4 is 39.5 Å². The van der Waals surface area contributed by atoms with Crippen LogP contribution in [0.2, 0.25) is 0 Å². The molecule has 19 heteroatoms. The van der Waals surface area contributed by atoms with E-state index in [4.69, 9.17) is 37.0 Å². The first kappa shape index (κ1) is 97.1. The first-order valence-corrected chi connectivity index (χ1v) is 44.2. The number of carbonyl (C=O) groups is 4. The quantitative estimate of drug-likeness (QED) is 0.0222. The zero-order valence-electron chi connectivity index (χ0n) is 65.1. The summed E-state index contributed by atoms with van der Waals surface area (Å²) in [7, 11) is -9.92. The van der Waals surface area contributed by atoms with E-state index in [9.17, 15) is 43.2 Å². The van der Waals surface area contributed by atoms with Crippen LogP contribution in [-0.4, -0.2) is 96.7 Å². The van der Waals surface area contributed by atoms with Crippen molar-refractivity contribution in [1.82, 2.24) is 0 Å². The van der Waals surface area contributed by atoms with Crippen molar-refractivity contribution in [3.05, 3.63) is 0 Å². The van der Waals surface area contributed by atoms with Crippen LogP contribution >= 0.6 is 15.6 Å². The molecule has 0 aliphatic carbocycles. The average molecular weight is 1450 g/mol. The van der Waals surface area contributed by atoms with Crippen molar-refractivity contribution in [3.8, 4) is 0 Å². The van der Waals surface area contributed by atoms with Crippen molar-refractivity contribution in [2.75, 3.05) is 39.6 Å². The van der Waals surface area contributed by atoms with Crippen LogP contribution in [0.1, 0.15) is 409 Å². The largest absolute Gasteiger partial charge is 0.472 e. The van der Waals surface area contributed by atoms with Gasteiger partial charge >= 0.3 is 39.5 Å². The van der Waals surface area contributed by atoms with E-state index in [1.165, 1.54) is 205 Å². The van der Waals surface area contributed by atoms with Crippen molar-refractivity contribution < 1.29 is 80.2 Å². The number of phosphoric acid groups is 2. The van der Waals surface area contributed by atoms with Gasteiger partial charge in [0.25, 0.3) is 0 Å². The molecule has 0 spiro atoms. The molecule has 588 valence electrons. The molecular formula is C80H156O17P2. The van der Waals surface area contributed by atoms with Crippen LogP contribution in [-0.2, 0) is 65.4 Å². The molecule has 0 amide bonds. The highest BCUT2D eigenvalue weighted by molar-refractivity contribution is 7.47. The number of aliphatic hydroxyl groups is 1. The first-order valence-electron chi connectivity index (χ1n) is 41.2. The Bertz CT molecular complexity index is 1940. The van der Waals surface area contributed by atoms with Gasteiger partial charge in [-0.1, -0.05) is 357 Å². The lowest BCUT2D eigenvalue weighted by molar-refractivity contribution is -0.161. The minimum absolute atomic E-state index is 0.105. The molecule has 0 bridgehead atoms. The van der Waals surface area contributed by atoms with E-state index >= 15 is 0 Å². The Balaban J connectivity index is 5.22. The van der Waals surface area contributed by atoms with Gasteiger partial charge in [-0.3, -0.25) is 37.3 Å². The Morgan fingerprint density at radius 1 is 0.283 bits per heavy atom. The summed E-state index contributed by atoms with van der Waals surface area (Å²) in [6, 6.07) is 0. The van der Waals surface area contributed by atoms with E-state index in [2.05, 4.69) is 55.4 Å². The molecule has 0 saturated carbocycles. The predicted octanol–water partition coefficient (Wildman–Crippen LogP) is 23.6. The molecule has 17 nitrogen and oxygen atoms in total. The molecule has 0 rings (SSSR count). The van der Waals surface area contributed by atoms with Gasteiger partial charge in [0.05, 0.1) is 26.4 Å². The highest BCUT2D eigenvalue weighted by Gasteiger charge is 2.30. The summed E-state index contributed by atoms with van der Waals surface area (Å²) in [4.78, 5) is 72.9. The maximum absolute atomic E-state index is 13.1. The number of esters is 4. The van der Waals surface area contributed by atoms with Crippen LogP contribution < -0.4 is 0 Å². The minimum atomic E-state index is -4.96. The van der Waals surface area contributed by atoms with Gasteiger partial charge < -0.3 is 33.8 Å². The summed E-state index contributed by atoms with van der Waals surface area (Å²) in [6.07, 6.45) is 55.6. The van der Waals surface area contributed by atoms with Crippen molar-refractivity contribution in [3.63, 3.8) is 0 Å². The zero-order valence-corrected chi connectivity index (χ0v) is 66.9. The minimum Gasteiger partial charge on any atom is -0.462 e. The number of ether oxygens (including phenoxy) is 4. The van der Waals surface area contributed by atoms with E-state index in [1.54, 1.807) is 0 Å². The van der Waals surface area contributed by atoms with E-state index in [-0.39, 0.29) is 25.7 Å². The van der Waals surface area contributed by atoms with Gasteiger partial charge in [0.15, 0.2) is 12.2 Å². The summed E-state index contributed by atoms with van der Waals surface area (Å²) in [5.41, 5.74) is 0. The van der Waals surface area contributed by atoms with Gasteiger partial charge in [-0.15, -0.1) is 0 Å². The topological polar surface area (TPSA) is 237 Å². The van der Waals surface area contributed by atoms with Crippen LogP contribution in [0.15, 0.2) is 0 Å². The number of hydrogen-bond acceptors (Lipinski definition) is 15. The monoisotopic (exact) mass is 1450 g/mol. The second kappa shape index (κ2) is 69.1. The lowest BCUT2D eigenvalue weighted by Crippen LogP contribution is -2.30. The number of rotatable bonds is 77. The Morgan fingerprint density at radius 2 is 0.485 bits per heavy atom. The maximum atomic E-state index is 13.1. The van der Waals surface area contributed by atoms with Gasteiger partial charge in [0.2, 0.25) is 0 Å². The number of carbonyl (C=O) groups excluding carboxylic acids is 4. The summed E-state index contributed by atoms with van der Waals surface area (Å²) in [5.74, 6) is 0.967. The summed E-state index contributed by atoms with van der Waals surface area (Å²) in [5, 5.41) is 10.6. The highest BCUT2D eigenvalue weighted by atomic mass is 31.2. The fraction of sp³-hybridized carbons (Fsp3) is 0.950.